The van der Waals surface area contributed by atoms with Crippen LogP contribution in [0.2, 0.25) is 0 Å². The van der Waals surface area contributed by atoms with Crippen LogP contribution in [-0.4, -0.2) is 25.0 Å². The average Bonchev–Trinajstić information content (AvgIpc) is 2.56. The average molecular weight is 328 g/mol. The summed E-state index contributed by atoms with van der Waals surface area (Å²) in [5, 5.41) is 5.26. The molecule has 0 unspecified atom stereocenters. The van der Waals surface area contributed by atoms with E-state index < -0.39 is 6.04 Å². The second kappa shape index (κ2) is 8.01. The zero-order valence-electron chi connectivity index (χ0n) is 13.8. The van der Waals surface area contributed by atoms with Crippen LogP contribution in [0.1, 0.15) is 13.8 Å². The summed E-state index contributed by atoms with van der Waals surface area (Å²) in [5.74, 6) is 1.32. The molecule has 2 aromatic carbocycles. The fraction of sp³-hybridized carbons (Fsp3) is 0.222. The van der Waals surface area contributed by atoms with Crippen LogP contribution in [0.25, 0.3) is 0 Å². The molecule has 6 nitrogen and oxygen atoms in total. The quantitative estimate of drug-likeness (QED) is 0.855. The molecule has 0 spiro atoms. The Morgan fingerprint density at radius 2 is 1.62 bits per heavy atom. The van der Waals surface area contributed by atoms with E-state index in [2.05, 4.69) is 10.6 Å². The number of hydrogen-bond donors (Lipinski definition) is 2. The van der Waals surface area contributed by atoms with Gasteiger partial charge in [0.25, 0.3) is 0 Å². The molecule has 0 aliphatic rings. The standard InChI is InChI=1S/C18H20N2O4/c1-12(19-13(2)21)18(22)20-14-8-10-15(11-9-14)24-17-7-5-4-6-16(17)23-3/h4-12H,1-3H3,(H,19,21)(H,20,22)/t12-/m1/s1. The van der Waals surface area contributed by atoms with Crippen molar-refractivity contribution in [3.8, 4) is 17.2 Å². The smallest absolute Gasteiger partial charge is 0.246 e. The maximum Gasteiger partial charge on any atom is 0.246 e. The number of benzene rings is 2. The molecular weight excluding hydrogens is 308 g/mol. The highest BCUT2D eigenvalue weighted by molar-refractivity contribution is 5.96. The molecule has 0 bridgehead atoms. The number of hydrogen-bond acceptors (Lipinski definition) is 4. The van der Waals surface area contributed by atoms with Gasteiger partial charge in [0.05, 0.1) is 7.11 Å². The van der Waals surface area contributed by atoms with Crippen molar-refractivity contribution in [1.82, 2.24) is 5.32 Å². The Morgan fingerprint density at radius 3 is 2.21 bits per heavy atom. The monoisotopic (exact) mass is 328 g/mol. The van der Waals surface area contributed by atoms with Crippen molar-refractivity contribution in [2.75, 3.05) is 12.4 Å². The number of methoxy groups -OCH3 is 1. The predicted molar refractivity (Wildman–Crippen MR) is 91.4 cm³/mol. The Kier molecular flexibility index (Phi) is 5.78. The maximum absolute atomic E-state index is 11.9. The lowest BCUT2D eigenvalue weighted by Crippen LogP contribution is -2.40. The number of carbonyl (C=O) groups excluding carboxylic acids is 2. The molecule has 2 rings (SSSR count). The molecule has 126 valence electrons. The van der Waals surface area contributed by atoms with Crippen LogP contribution in [0.5, 0.6) is 17.2 Å². The van der Waals surface area contributed by atoms with Crippen LogP contribution in [-0.2, 0) is 9.59 Å². The van der Waals surface area contributed by atoms with E-state index in [1.165, 1.54) is 6.92 Å². The number of amides is 2. The highest BCUT2D eigenvalue weighted by atomic mass is 16.5. The van der Waals surface area contributed by atoms with Crippen molar-refractivity contribution in [2.24, 2.45) is 0 Å². The molecule has 0 radical (unpaired) electrons. The number of para-hydroxylation sites is 2. The molecule has 1 atom stereocenters. The molecule has 0 aliphatic carbocycles. The zero-order valence-corrected chi connectivity index (χ0v) is 13.8. The van der Waals surface area contributed by atoms with Gasteiger partial charge < -0.3 is 20.1 Å². The molecule has 0 saturated carbocycles. The number of ether oxygens (including phenoxy) is 2. The van der Waals surface area contributed by atoms with Crippen molar-refractivity contribution >= 4 is 17.5 Å². The van der Waals surface area contributed by atoms with Crippen LogP contribution in [0, 0.1) is 0 Å². The van der Waals surface area contributed by atoms with E-state index in [1.807, 2.05) is 24.3 Å². The van der Waals surface area contributed by atoms with E-state index in [1.54, 1.807) is 38.3 Å². The van der Waals surface area contributed by atoms with Crippen molar-refractivity contribution in [3.63, 3.8) is 0 Å². The Labute approximate surface area is 140 Å². The van der Waals surface area contributed by atoms with E-state index >= 15 is 0 Å². The Morgan fingerprint density at radius 1 is 1.00 bits per heavy atom. The number of rotatable bonds is 6. The van der Waals surface area contributed by atoms with Crippen LogP contribution in [0.4, 0.5) is 5.69 Å². The van der Waals surface area contributed by atoms with Gasteiger partial charge in [-0.2, -0.15) is 0 Å². The summed E-state index contributed by atoms with van der Waals surface area (Å²) in [6.07, 6.45) is 0. The first-order chi connectivity index (χ1) is 11.5. The highest BCUT2D eigenvalue weighted by Crippen LogP contribution is 2.31. The number of nitrogens with one attached hydrogen (secondary N) is 2. The van der Waals surface area contributed by atoms with Crippen LogP contribution >= 0.6 is 0 Å². The molecule has 0 fully saturated rings. The van der Waals surface area contributed by atoms with Crippen LogP contribution in [0.15, 0.2) is 48.5 Å². The molecule has 0 aromatic heterocycles. The van der Waals surface area contributed by atoms with Crippen molar-refractivity contribution in [1.29, 1.82) is 0 Å². The Balaban J connectivity index is 2.00. The molecule has 2 N–H and O–H groups in total. The first-order valence-electron chi connectivity index (χ1n) is 7.48. The maximum atomic E-state index is 11.9. The van der Waals surface area contributed by atoms with Gasteiger partial charge in [-0.05, 0) is 43.3 Å². The van der Waals surface area contributed by atoms with Gasteiger partial charge in [0.15, 0.2) is 11.5 Å². The summed E-state index contributed by atoms with van der Waals surface area (Å²) in [4.78, 5) is 22.9. The second-order valence-electron chi connectivity index (χ2n) is 5.19. The predicted octanol–water partition coefficient (Wildman–Crippen LogP) is 2.95. The lowest BCUT2D eigenvalue weighted by Gasteiger charge is -2.13. The van der Waals surface area contributed by atoms with Gasteiger partial charge in [-0.3, -0.25) is 9.59 Å². The van der Waals surface area contributed by atoms with E-state index in [0.29, 0.717) is 22.9 Å². The van der Waals surface area contributed by atoms with Crippen molar-refractivity contribution < 1.29 is 19.1 Å². The fourth-order valence-corrected chi connectivity index (χ4v) is 2.06. The summed E-state index contributed by atoms with van der Waals surface area (Å²) in [6, 6.07) is 13.7. The van der Waals surface area contributed by atoms with E-state index in [4.69, 9.17) is 9.47 Å². The normalized spacial score (nSPS) is 11.3. The number of carbonyl (C=O) groups is 2. The molecule has 2 amide bonds. The van der Waals surface area contributed by atoms with Gasteiger partial charge in [0.1, 0.15) is 11.8 Å². The minimum atomic E-state index is -0.605. The summed E-state index contributed by atoms with van der Waals surface area (Å²) >= 11 is 0. The van der Waals surface area contributed by atoms with Gasteiger partial charge in [-0.1, -0.05) is 12.1 Å². The first kappa shape index (κ1) is 17.3. The summed E-state index contributed by atoms with van der Waals surface area (Å²) in [7, 11) is 1.58. The van der Waals surface area contributed by atoms with Gasteiger partial charge in [-0.15, -0.1) is 0 Å². The third kappa shape index (κ3) is 4.74. The van der Waals surface area contributed by atoms with Crippen LogP contribution < -0.4 is 20.1 Å². The largest absolute Gasteiger partial charge is 0.493 e. The summed E-state index contributed by atoms with van der Waals surface area (Å²) < 4.78 is 11.0. The zero-order chi connectivity index (χ0) is 17.5. The van der Waals surface area contributed by atoms with Gasteiger partial charge >= 0.3 is 0 Å². The molecule has 0 saturated heterocycles. The molecule has 24 heavy (non-hydrogen) atoms. The fourth-order valence-electron chi connectivity index (χ4n) is 2.06. The van der Waals surface area contributed by atoms with Gasteiger partial charge in [-0.25, -0.2) is 0 Å². The molecule has 2 aromatic rings. The molecule has 0 heterocycles. The molecule has 6 heteroatoms. The van der Waals surface area contributed by atoms with E-state index in [9.17, 15) is 9.59 Å². The van der Waals surface area contributed by atoms with E-state index in [0.717, 1.165) is 0 Å². The Hall–Kier alpha value is -3.02. The summed E-state index contributed by atoms with van der Waals surface area (Å²) in [6.45, 7) is 2.99. The molecular formula is C18H20N2O4. The van der Waals surface area contributed by atoms with E-state index in [-0.39, 0.29) is 11.8 Å². The highest BCUT2D eigenvalue weighted by Gasteiger charge is 2.13. The third-order valence-corrected chi connectivity index (χ3v) is 3.23. The number of anilines is 1. The lowest BCUT2D eigenvalue weighted by atomic mass is 10.2. The minimum absolute atomic E-state index is 0.252. The molecule has 0 aliphatic heterocycles. The first-order valence-corrected chi connectivity index (χ1v) is 7.48. The summed E-state index contributed by atoms with van der Waals surface area (Å²) in [5.41, 5.74) is 0.615. The van der Waals surface area contributed by atoms with Crippen LogP contribution in [0.3, 0.4) is 0 Å². The second-order valence-corrected chi connectivity index (χ2v) is 5.19. The SMILES string of the molecule is COc1ccccc1Oc1ccc(NC(=O)[C@@H](C)NC(C)=O)cc1. The third-order valence-electron chi connectivity index (χ3n) is 3.23. The minimum Gasteiger partial charge on any atom is -0.493 e. The van der Waals surface area contributed by atoms with Gasteiger partial charge in [0, 0.05) is 12.6 Å². The van der Waals surface area contributed by atoms with Crippen molar-refractivity contribution in [2.45, 2.75) is 19.9 Å². The lowest BCUT2D eigenvalue weighted by molar-refractivity contribution is -0.124. The van der Waals surface area contributed by atoms with Gasteiger partial charge in [0.2, 0.25) is 11.8 Å². The van der Waals surface area contributed by atoms with Crippen molar-refractivity contribution in [3.05, 3.63) is 48.5 Å². The Bertz CT molecular complexity index is 713. The topological polar surface area (TPSA) is 76.7 Å².